The van der Waals surface area contributed by atoms with Crippen molar-refractivity contribution in [3.63, 3.8) is 0 Å². The molecule has 0 aromatic heterocycles. The van der Waals surface area contributed by atoms with Crippen LogP contribution in [0.2, 0.25) is 0 Å². The number of nitrogens with one attached hydrogen (secondary N) is 1. The van der Waals surface area contributed by atoms with E-state index in [1.165, 1.54) is 0 Å². The van der Waals surface area contributed by atoms with E-state index in [2.05, 4.69) is 5.32 Å². The fraction of sp³-hybridized carbons (Fsp3) is 0.417. The number of carbonyl (C=O) groups excluding carboxylic acids is 2. The average Bonchev–Trinajstić information content (AvgIpc) is 3.27. The van der Waals surface area contributed by atoms with Crippen LogP contribution in [-0.4, -0.2) is 64.3 Å². The predicted octanol–water partition coefficient (Wildman–Crippen LogP) is 2.71. The van der Waals surface area contributed by atoms with Crippen molar-refractivity contribution < 1.29 is 23.8 Å². The minimum Gasteiger partial charge on any atom is -0.497 e. The maximum absolute atomic E-state index is 13.1. The molecule has 1 N–H and O–H groups in total. The van der Waals surface area contributed by atoms with Crippen molar-refractivity contribution in [1.29, 1.82) is 0 Å². The van der Waals surface area contributed by atoms with Crippen LogP contribution in [0.3, 0.4) is 0 Å². The molecule has 0 spiro atoms. The van der Waals surface area contributed by atoms with Crippen molar-refractivity contribution in [2.45, 2.75) is 12.3 Å². The summed E-state index contributed by atoms with van der Waals surface area (Å²) in [4.78, 5) is 27.8. The highest BCUT2D eigenvalue weighted by atomic mass is 16.5. The Morgan fingerprint density at radius 1 is 0.935 bits per heavy atom. The monoisotopic (exact) mass is 426 g/mol. The largest absolute Gasteiger partial charge is 0.497 e. The molecule has 0 saturated carbocycles. The van der Waals surface area contributed by atoms with Crippen LogP contribution in [0, 0.1) is 5.92 Å². The summed E-state index contributed by atoms with van der Waals surface area (Å²) in [5.41, 5.74) is 1.60. The highest BCUT2D eigenvalue weighted by molar-refractivity contribution is 5.95. The van der Waals surface area contributed by atoms with Crippen LogP contribution < -0.4 is 14.8 Å². The molecule has 2 atom stereocenters. The molecule has 1 aliphatic rings. The van der Waals surface area contributed by atoms with E-state index in [4.69, 9.17) is 14.2 Å². The molecular formula is C24H30N2O5. The molecule has 0 unspecified atom stereocenters. The van der Waals surface area contributed by atoms with Crippen LogP contribution in [-0.2, 0) is 9.53 Å². The van der Waals surface area contributed by atoms with Gasteiger partial charge in [-0.25, -0.2) is 0 Å². The van der Waals surface area contributed by atoms with E-state index in [1.54, 1.807) is 50.5 Å². The first kappa shape index (κ1) is 22.6. The molecule has 0 radical (unpaired) electrons. The molecule has 2 amide bonds. The summed E-state index contributed by atoms with van der Waals surface area (Å²) in [6, 6.07) is 14.7. The number of rotatable bonds is 9. The van der Waals surface area contributed by atoms with Crippen molar-refractivity contribution in [2.75, 3.05) is 47.6 Å². The van der Waals surface area contributed by atoms with Gasteiger partial charge >= 0.3 is 0 Å². The van der Waals surface area contributed by atoms with Gasteiger partial charge in [0.2, 0.25) is 5.91 Å². The average molecular weight is 427 g/mol. The SMILES string of the molecule is COCCCNC(=O)[C@@H]1CN(C(=O)c2ccc(OC)cc2)C[C@@H]1c1ccc(OC)cc1. The first-order valence-electron chi connectivity index (χ1n) is 10.4. The number of carbonyl (C=O) groups is 2. The van der Waals surface area contributed by atoms with Gasteiger partial charge in [0.1, 0.15) is 11.5 Å². The van der Waals surface area contributed by atoms with Gasteiger partial charge in [-0.1, -0.05) is 12.1 Å². The molecule has 7 nitrogen and oxygen atoms in total. The van der Waals surface area contributed by atoms with Crippen LogP contribution in [0.25, 0.3) is 0 Å². The highest BCUT2D eigenvalue weighted by Gasteiger charge is 2.40. The van der Waals surface area contributed by atoms with Crippen molar-refractivity contribution in [1.82, 2.24) is 10.2 Å². The Bertz CT molecular complexity index is 867. The maximum atomic E-state index is 13.1. The molecule has 0 aliphatic carbocycles. The Labute approximate surface area is 183 Å². The van der Waals surface area contributed by atoms with Crippen molar-refractivity contribution in [2.24, 2.45) is 5.92 Å². The number of hydrogen-bond acceptors (Lipinski definition) is 5. The second-order valence-corrected chi connectivity index (χ2v) is 7.56. The summed E-state index contributed by atoms with van der Waals surface area (Å²) in [6.07, 6.45) is 0.747. The Morgan fingerprint density at radius 3 is 2.13 bits per heavy atom. The van der Waals surface area contributed by atoms with Gasteiger partial charge in [-0.2, -0.15) is 0 Å². The van der Waals surface area contributed by atoms with Crippen LogP contribution in [0.15, 0.2) is 48.5 Å². The Hall–Kier alpha value is -3.06. The standard InChI is InChI=1S/C24H30N2O5/c1-29-14-4-13-25-23(27)22-16-26(24(28)18-7-11-20(31-3)12-8-18)15-21(22)17-5-9-19(30-2)10-6-17/h5-12,21-22H,4,13-16H2,1-3H3,(H,25,27)/t21-,22-/m1/s1. The molecule has 1 heterocycles. The summed E-state index contributed by atoms with van der Waals surface area (Å²) in [5.74, 6) is 0.919. The van der Waals surface area contributed by atoms with Crippen LogP contribution in [0.5, 0.6) is 11.5 Å². The Balaban J connectivity index is 1.77. The summed E-state index contributed by atoms with van der Waals surface area (Å²) in [5, 5.41) is 3.00. The molecule has 0 bridgehead atoms. The molecule has 166 valence electrons. The number of nitrogens with zero attached hydrogens (tertiary/aromatic N) is 1. The molecule has 2 aromatic carbocycles. The van der Waals surface area contributed by atoms with E-state index in [-0.39, 0.29) is 23.7 Å². The zero-order chi connectivity index (χ0) is 22.2. The second-order valence-electron chi connectivity index (χ2n) is 7.56. The third-order valence-corrected chi connectivity index (χ3v) is 5.65. The topological polar surface area (TPSA) is 77.1 Å². The molecule has 1 saturated heterocycles. The molecule has 2 aromatic rings. The minimum atomic E-state index is -0.321. The number of methoxy groups -OCH3 is 3. The van der Waals surface area contributed by atoms with E-state index in [9.17, 15) is 9.59 Å². The van der Waals surface area contributed by atoms with E-state index >= 15 is 0 Å². The lowest BCUT2D eigenvalue weighted by molar-refractivity contribution is -0.124. The fourth-order valence-electron chi connectivity index (χ4n) is 3.90. The van der Waals surface area contributed by atoms with Crippen LogP contribution in [0.1, 0.15) is 28.3 Å². The number of ether oxygens (including phenoxy) is 3. The molecular weight excluding hydrogens is 396 g/mol. The summed E-state index contributed by atoms with van der Waals surface area (Å²) in [6.45, 7) is 1.99. The van der Waals surface area contributed by atoms with Gasteiger partial charge in [-0.15, -0.1) is 0 Å². The smallest absolute Gasteiger partial charge is 0.253 e. The third-order valence-electron chi connectivity index (χ3n) is 5.65. The second kappa shape index (κ2) is 10.8. The Kier molecular flexibility index (Phi) is 7.89. The summed E-state index contributed by atoms with van der Waals surface area (Å²) in [7, 11) is 4.85. The molecule has 3 rings (SSSR count). The zero-order valence-corrected chi connectivity index (χ0v) is 18.3. The lowest BCUT2D eigenvalue weighted by Gasteiger charge is -2.18. The molecule has 7 heteroatoms. The fourth-order valence-corrected chi connectivity index (χ4v) is 3.90. The Morgan fingerprint density at radius 2 is 1.55 bits per heavy atom. The quantitative estimate of drug-likeness (QED) is 0.624. The number of likely N-dealkylation sites (tertiary alicyclic amines) is 1. The van der Waals surface area contributed by atoms with Gasteiger partial charge in [0, 0.05) is 44.8 Å². The lowest BCUT2D eigenvalue weighted by atomic mass is 9.88. The first-order chi connectivity index (χ1) is 15.1. The van der Waals surface area contributed by atoms with E-state index in [0.717, 1.165) is 17.7 Å². The van der Waals surface area contributed by atoms with Crippen molar-refractivity contribution in [3.05, 3.63) is 59.7 Å². The molecule has 31 heavy (non-hydrogen) atoms. The van der Waals surface area contributed by atoms with Crippen molar-refractivity contribution in [3.8, 4) is 11.5 Å². The minimum absolute atomic E-state index is 0.0399. The highest BCUT2D eigenvalue weighted by Crippen LogP contribution is 2.34. The number of hydrogen-bond donors (Lipinski definition) is 1. The van der Waals surface area contributed by atoms with Gasteiger partial charge in [0.05, 0.1) is 20.1 Å². The normalized spacial score (nSPS) is 18.0. The summed E-state index contributed by atoms with van der Waals surface area (Å²) >= 11 is 0. The van der Waals surface area contributed by atoms with Gasteiger partial charge in [0.25, 0.3) is 5.91 Å². The van der Waals surface area contributed by atoms with Crippen LogP contribution >= 0.6 is 0 Å². The van der Waals surface area contributed by atoms with Crippen LogP contribution in [0.4, 0.5) is 0 Å². The van der Waals surface area contributed by atoms with Gasteiger partial charge in [-0.3, -0.25) is 9.59 Å². The lowest BCUT2D eigenvalue weighted by Crippen LogP contribution is -2.36. The van der Waals surface area contributed by atoms with E-state index in [0.29, 0.717) is 37.6 Å². The first-order valence-corrected chi connectivity index (χ1v) is 10.4. The predicted molar refractivity (Wildman–Crippen MR) is 118 cm³/mol. The maximum Gasteiger partial charge on any atom is 0.253 e. The molecule has 1 fully saturated rings. The van der Waals surface area contributed by atoms with Gasteiger partial charge in [0.15, 0.2) is 0 Å². The van der Waals surface area contributed by atoms with Crippen molar-refractivity contribution >= 4 is 11.8 Å². The number of amides is 2. The van der Waals surface area contributed by atoms with Gasteiger partial charge < -0.3 is 24.4 Å². The van der Waals surface area contributed by atoms with Gasteiger partial charge in [-0.05, 0) is 48.4 Å². The molecule has 1 aliphatic heterocycles. The zero-order valence-electron chi connectivity index (χ0n) is 18.3. The van der Waals surface area contributed by atoms with E-state index in [1.807, 2.05) is 24.3 Å². The third kappa shape index (κ3) is 5.55. The summed E-state index contributed by atoms with van der Waals surface area (Å²) < 4.78 is 15.5. The number of benzene rings is 2. The van der Waals surface area contributed by atoms with E-state index < -0.39 is 0 Å².